The van der Waals surface area contributed by atoms with E-state index in [2.05, 4.69) is 34.1 Å². The molecule has 3 heterocycles. The number of imidazole rings is 1. The molecular weight excluding hydrogens is 572 g/mol. The van der Waals surface area contributed by atoms with E-state index in [0.29, 0.717) is 33.7 Å². The van der Waals surface area contributed by atoms with E-state index in [0.717, 1.165) is 19.3 Å². The van der Waals surface area contributed by atoms with Crippen LogP contribution in [0.2, 0.25) is 5.28 Å². The minimum atomic E-state index is -2.68. The van der Waals surface area contributed by atoms with Crippen molar-refractivity contribution in [2.24, 2.45) is 16.7 Å². The Morgan fingerprint density at radius 1 is 1.07 bits per heavy atom. The summed E-state index contributed by atoms with van der Waals surface area (Å²) in [5.74, 6) is 1.46. The summed E-state index contributed by atoms with van der Waals surface area (Å²) in [7, 11) is -5.14. The van der Waals surface area contributed by atoms with Crippen molar-refractivity contribution in [3.05, 3.63) is 11.6 Å². The Bertz CT molecular complexity index is 1410. The third kappa shape index (κ3) is 5.42. The maximum Gasteiger partial charge on any atom is 0.226 e. The molecule has 0 aromatic carbocycles. The Morgan fingerprint density at radius 3 is 2.38 bits per heavy atom. The van der Waals surface area contributed by atoms with Crippen LogP contribution in [0.25, 0.3) is 11.2 Å². The summed E-state index contributed by atoms with van der Waals surface area (Å²) in [4.78, 5) is 13.6. The van der Waals surface area contributed by atoms with Gasteiger partial charge in [0.1, 0.15) is 12.2 Å². The number of hydrogen-bond donors (Lipinski definition) is 3. The zero-order valence-corrected chi connectivity index (χ0v) is 26.6. The maximum atomic E-state index is 13.0. The van der Waals surface area contributed by atoms with Crippen LogP contribution < -0.4 is 5.32 Å². The van der Waals surface area contributed by atoms with Crippen LogP contribution in [-0.2, 0) is 13.9 Å². The molecule has 4 unspecified atom stereocenters. The highest BCUT2D eigenvalue weighted by Crippen LogP contribution is 2.67. The number of rotatable bonds is 8. The standard InChI is InChI=1S/C27H42ClN5O5P2/c1-25-8-16-9-26(2,11-25)13-27(10-16,12-25)32-21-18-22(31-24(28)30-21)33(14-29-18)23-20(35)19(34)17(38-23)6-7-40(5,37)15-39(3,4)36/h14,16-17,19-20,23,34-35H,6-13,15H2,1-5H3,(H,30,31,32)/t16?,17-,19?,20+,23-,25-,26+,27?,40?/m1/s1. The van der Waals surface area contributed by atoms with Gasteiger partial charge in [-0.15, -0.1) is 0 Å². The smallest absolute Gasteiger partial charge is 0.226 e. The van der Waals surface area contributed by atoms with Crippen molar-refractivity contribution >= 4 is 42.9 Å². The maximum absolute atomic E-state index is 13.0. The van der Waals surface area contributed by atoms with Crippen LogP contribution in [0, 0.1) is 16.7 Å². The number of ether oxygens (including phenoxy) is 1. The van der Waals surface area contributed by atoms with Crippen molar-refractivity contribution in [2.75, 3.05) is 37.4 Å². The number of aliphatic hydroxyl groups is 2. The number of fused-ring (bicyclic) bond motifs is 1. The largest absolute Gasteiger partial charge is 0.388 e. The van der Waals surface area contributed by atoms with Crippen LogP contribution in [0.4, 0.5) is 5.82 Å². The minimum absolute atomic E-state index is 0.0685. The fourth-order valence-electron chi connectivity index (χ4n) is 9.39. The number of nitrogens with one attached hydrogen (secondary N) is 1. The van der Waals surface area contributed by atoms with Crippen LogP contribution in [-0.4, -0.2) is 85.6 Å². The van der Waals surface area contributed by atoms with Crippen LogP contribution in [0.15, 0.2) is 6.33 Å². The molecule has 5 aliphatic rings. The van der Waals surface area contributed by atoms with Gasteiger partial charge in [-0.2, -0.15) is 9.97 Å². The third-order valence-corrected chi connectivity index (χ3v) is 16.0. The number of anilines is 1. The molecule has 5 fully saturated rings. The second-order valence-corrected chi connectivity index (χ2v) is 22.4. The Kier molecular flexibility index (Phi) is 6.90. The first-order valence-electron chi connectivity index (χ1n) is 14.3. The van der Waals surface area contributed by atoms with Gasteiger partial charge in [-0.1, -0.05) is 13.8 Å². The molecule has 13 heteroatoms. The van der Waals surface area contributed by atoms with E-state index in [4.69, 9.17) is 16.3 Å². The first kappa shape index (κ1) is 29.1. The van der Waals surface area contributed by atoms with E-state index in [1.807, 2.05) is 0 Å². The molecule has 4 bridgehead atoms. The SMILES string of the molecule is C[C@]12CC3CC(Nc4nc(Cl)nc5c4ncn5[C@@H]4O[C@H](CCP(C)(=O)CP(C)(C)=O)C(O)[C@@H]4O)(C1)C[C@@](C)(C3)C2. The Labute approximate surface area is 240 Å². The molecule has 2 aromatic heterocycles. The Balaban J connectivity index is 1.25. The minimum Gasteiger partial charge on any atom is -0.388 e. The summed E-state index contributed by atoms with van der Waals surface area (Å²) in [6, 6.07) is 0. The van der Waals surface area contributed by atoms with Gasteiger partial charge in [0.15, 0.2) is 23.2 Å². The molecule has 0 radical (unpaired) electrons. The lowest BCUT2D eigenvalue weighted by Crippen LogP contribution is -2.61. The molecule has 1 saturated heterocycles. The number of halogens is 1. The number of aromatic nitrogens is 4. The van der Waals surface area contributed by atoms with Crippen LogP contribution in [0.1, 0.15) is 65.0 Å². The fraction of sp³-hybridized carbons (Fsp3) is 0.815. The summed E-state index contributed by atoms with van der Waals surface area (Å²) in [5.41, 5.74) is 1.52. The van der Waals surface area contributed by atoms with Gasteiger partial charge in [0.25, 0.3) is 0 Å². The predicted octanol–water partition coefficient (Wildman–Crippen LogP) is 5.22. The molecule has 0 spiro atoms. The first-order chi connectivity index (χ1) is 18.5. The van der Waals surface area contributed by atoms with E-state index in [9.17, 15) is 19.3 Å². The molecule has 3 N–H and O–H groups in total. The lowest BCUT2D eigenvalue weighted by molar-refractivity contribution is -0.0973. The molecule has 222 valence electrons. The third-order valence-electron chi connectivity index (χ3n) is 9.54. The molecule has 9 atom stereocenters. The van der Waals surface area contributed by atoms with Crippen molar-refractivity contribution in [3.8, 4) is 0 Å². The first-order valence-corrected chi connectivity index (χ1v) is 20.0. The highest BCUT2D eigenvalue weighted by molar-refractivity contribution is 7.79. The van der Waals surface area contributed by atoms with Crippen molar-refractivity contribution in [3.63, 3.8) is 0 Å². The Hall–Kier alpha value is -1.02. The van der Waals surface area contributed by atoms with Gasteiger partial charge in [-0.05, 0) is 93.3 Å². The molecule has 4 aliphatic carbocycles. The quantitative estimate of drug-likeness (QED) is 0.270. The molecule has 4 saturated carbocycles. The molecular formula is C27H42ClN5O5P2. The van der Waals surface area contributed by atoms with Gasteiger partial charge in [0.05, 0.1) is 32.6 Å². The molecule has 1 aliphatic heterocycles. The Morgan fingerprint density at radius 2 is 1.75 bits per heavy atom. The lowest BCUT2D eigenvalue weighted by atomic mass is 9.43. The zero-order valence-electron chi connectivity index (χ0n) is 24.0. The summed E-state index contributed by atoms with van der Waals surface area (Å²) in [5, 5.41) is 25.6. The van der Waals surface area contributed by atoms with E-state index in [1.165, 1.54) is 19.3 Å². The van der Waals surface area contributed by atoms with E-state index < -0.39 is 38.8 Å². The molecule has 10 nitrogen and oxygen atoms in total. The fourth-order valence-corrected chi connectivity index (χ4v) is 16.7. The zero-order chi connectivity index (χ0) is 28.9. The monoisotopic (exact) mass is 613 g/mol. The van der Waals surface area contributed by atoms with Crippen LogP contribution >= 0.6 is 25.9 Å². The van der Waals surface area contributed by atoms with Crippen molar-refractivity contribution in [1.29, 1.82) is 0 Å². The summed E-state index contributed by atoms with van der Waals surface area (Å²) in [6.07, 6.45) is 5.09. The van der Waals surface area contributed by atoms with Gasteiger partial charge in [0, 0.05) is 11.7 Å². The summed E-state index contributed by atoms with van der Waals surface area (Å²) >= 11 is 6.44. The van der Waals surface area contributed by atoms with Gasteiger partial charge >= 0.3 is 0 Å². The van der Waals surface area contributed by atoms with E-state index >= 15 is 0 Å². The predicted molar refractivity (Wildman–Crippen MR) is 157 cm³/mol. The average molecular weight is 614 g/mol. The normalized spacial score (nSPS) is 40.5. The molecule has 2 aromatic rings. The van der Waals surface area contributed by atoms with Gasteiger partial charge in [-0.3, -0.25) is 4.57 Å². The number of hydrogen-bond acceptors (Lipinski definition) is 9. The second kappa shape index (κ2) is 9.49. The van der Waals surface area contributed by atoms with E-state index in [1.54, 1.807) is 30.9 Å². The second-order valence-electron chi connectivity index (χ2n) is 14.8. The van der Waals surface area contributed by atoms with Crippen molar-refractivity contribution in [1.82, 2.24) is 19.5 Å². The summed E-state index contributed by atoms with van der Waals surface area (Å²) in [6.45, 7) is 9.75. The molecule has 40 heavy (non-hydrogen) atoms. The van der Waals surface area contributed by atoms with Crippen molar-refractivity contribution in [2.45, 2.75) is 88.9 Å². The topological polar surface area (TPSA) is 139 Å². The van der Waals surface area contributed by atoms with Crippen LogP contribution in [0.5, 0.6) is 0 Å². The number of nitrogens with zero attached hydrogens (tertiary/aromatic N) is 4. The van der Waals surface area contributed by atoms with Crippen molar-refractivity contribution < 1.29 is 24.1 Å². The average Bonchev–Trinajstić information content (AvgIpc) is 3.29. The van der Waals surface area contributed by atoms with Gasteiger partial charge in [0.2, 0.25) is 5.28 Å². The molecule has 7 rings (SSSR count). The lowest BCUT2D eigenvalue weighted by Gasteiger charge is -2.65. The van der Waals surface area contributed by atoms with Crippen LogP contribution in [0.3, 0.4) is 0 Å². The highest BCUT2D eigenvalue weighted by Gasteiger charge is 2.60. The number of aliphatic hydroxyl groups excluding tert-OH is 2. The summed E-state index contributed by atoms with van der Waals surface area (Å²) < 4.78 is 33.0. The van der Waals surface area contributed by atoms with Gasteiger partial charge in [-0.25, -0.2) is 4.98 Å². The molecule has 0 amide bonds. The van der Waals surface area contributed by atoms with E-state index in [-0.39, 0.29) is 29.3 Å². The van der Waals surface area contributed by atoms with Gasteiger partial charge < -0.3 is 29.4 Å². The highest BCUT2D eigenvalue weighted by atomic mass is 35.5.